The Hall–Kier alpha value is -4.10. The van der Waals surface area contributed by atoms with Gasteiger partial charge in [-0.1, -0.05) is 85.0 Å². The Morgan fingerprint density at radius 1 is 0.970 bits per heavy atom. The van der Waals surface area contributed by atoms with Crippen molar-refractivity contribution in [3.63, 3.8) is 0 Å². The SMILES string of the molecule is CCc1ccc2nc(NC(=O)c3c(-c4ccccc4)c(-c4ccccc4)n[nH]c3=O)sc2c1. The molecule has 0 atom stereocenters. The lowest BCUT2D eigenvalue weighted by Gasteiger charge is -2.13. The van der Waals surface area contributed by atoms with Crippen LogP contribution < -0.4 is 10.9 Å². The van der Waals surface area contributed by atoms with Gasteiger partial charge in [0.2, 0.25) is 0 Å². The van der Waals surface area contributed by atoms with Crippen LogP contribution in [0.4, 0.5) is 5.13 Å². The lowest BCUT2D eigenvalue weighted by atomic mass is 9.95. The van der Waals surface area contributed by atoms with Gasteiger partial charge in [0, 0.05) is 11.1 Å². The molecule has 1 amide bonds. The number of benzene rings is 3. The van der Waals surface area contributed by atoms with Crippen molar-refractivity contribution in [3.8, 4) is 22.4 Å². The van der Waals surface area contributed by atoms with Crippen LogP contribution in [-0.4, -0.2) is 21.1 Å². The van der Waals surface area contributed by atoms with E-state index in [0.29, 0.717) is 16.4 Å². The van der Waals surface area contributed by atoms with E-state index >= 15 is 0 Å². The molecule has 0 fully saturated rings. The minimum Gasteiger partial charge on any atom is -0.298 e. The van der Waals surface area contributed by atoms with E-state index in [1.54, 1.807) is 0 Å². The Morgan fingerprint density at radius 2 is 1.67 bits per heavy atom. The maximum Gasteiger partial charge on any atom is 0.277 e. The number of carbonyl (C=O) groups is 1. The number of amides is 1. The Morgan fingerprint density at radius 3 is 2.36 bits per heavy atom. The number of anilines is 1. The summed E-state index contributed by atoms with van der Waals surface area (Å²) in [6.07, 6.45) is 0.921. The van der Waals surface area contributed by atoms with Crippen LogP contribution in [-0.2, 0) is 6.42 Å². The van der Waals surface area contributed by atoms with E-state index in [2.05, 4.69) is 33.5 Å². The van der Waals surface area contributed by atoms with E-state index in [-0.39, 0.29) is 5.56 Å². The monoisotopic (exact) mass is 452 g/mol. The molecule has 33 heavy (non-hydrogen) atoms. The molecule has 0 radical (unpaired) electrons. The van der Waals surface area contributed by atoms with Gasteiger partial charge in [0.1, 0.15) is 5.56 Å². The van der Waals surface area contributed by atoms with Crippen molar-refractivity contribution >= 4 is 32.6 Å². The first kappa shape index (κ1) is 20.8. The van der Waals surface area contributed by atoms with Gasteiger partial charge in [-0.15, -0.1) is 0 Å². The molecule has 162 valence electrons. The van der Waals surface area contributed by atoms with Gasteiger partial charge in [0.15, 0.2) is 5.13 Å². The number of aromatic nitrogens is 3. The van der Waals surface area contributed by atoms with Crippen molar-refractivity contribution < 1.29 is 4.79 Å². The Kier molecular flexibility index (Phi) is 5.54. The largest absolute Gasteiger partial charge is 0.298 e. The van der Waals surface area contributed by atoms with Gasteiger partial charge in [0.25, 0.3) is 11.5 Å². The van der Waals surface area contributed by atoms with E-state index in [9.17, 15) is 9.59 Å². The van der Waals surface area contributed by atoms with Gasteiger partial charge in [-0.25, -0.2) is 10.1 Å². The van der Waals surface area contributed by atoms with E-state index < -0.39 is 11.5 Å². The summed E-state index contributed by atoms with van der Waals surface area (Å²) in [6.45, 7) is 2.09. The zero-order chi connectivity index (χ0) is 22.8. The predicted molar refractivity (Wildman–Crippen MR) is 133 cm³/mol. The van der Waals surface area contributed by atoms with Crippen molar-refractivity contribution in [1.29, 1.82) is 0 Å². The number of H-pyrrole nitrogens is 1. The molecule has 0 unspecified atom stereocenters. The lowest BCUT2D eigenvalue weighted by Crippen LogP contribution is -2.26. The number of aryl methyl sites for hydroxylation is 1. The molecule has 0 aliphatic rings. The van der Waals surface area contributed by atoms with Crippen LogP contribution in [0.1, 0.15) is 22.8 Å². The normalized spacial score (nSPS) is 10.9. The average Bonchev–Trinajstić information content (AvgIpc) is 3.26. The Bertz CT molecular complexity index is 1510. The molecule has 0 saturated carbocycles. The third-order valence-corrected chi connectivity index (χ3v) is 6.34. The molecule has 0 aliphatic carbocycles. The fourth-order valence-corrected chi connectivity index (χ4v) is 4.68. The fraction of sp³-hybridized carbons (Fsp3) is 0.0769. The summed E-state index contributed by atoms with van der Waals surface area (Å²) in [4.78, 5) is 30.8. The minimum atomic E-state index is -0.555. The van der Waals surface area contributed by atoms with Crippen LogP contribution in [0.15, 0.2) is 83.7 Å². The summed E-state index contributed by atoms with van der Waals surface area (Å²) in [5.74, 6) is -0.524. The van der Waals surface area contributed by atoms with E-state index in [0.717, 1.165) is 27.8 Å². The number of carbonyl (C=O) groups excluding carboxylic acids is 1. The fourth-order valence-electron chi connectivity index (χ4n) is 3.76. The number of nitrogens with zero attached hydrogens (tertiary/aromatic N) is 2. The Balaban J connectivity index is 1.63. The second-order valence-electron chi connectivity index (χ2n) is 7.51. The first-order chi connectivity index (χ1) is 16.1. The number of hydrogen-bond donors (Lipinski definition) is 2. The third-order valence-electron chi connectivity index (χ3n) is 5.40. The first-order valence-electron chi connectivity index (χ1n) is 10.6. The van der Waals surface area contributed by atoms with Crippen molar-refractivity contribution in [2.75, 3.05) is 5.32 Å². The summed E-state index contributed by atoms with van der Waals surface area (Å²) >= 11 is 1.39. The highest BCUT2D eigenvalue weighted by atomic mass is 32.1. The molecule has 0 bridgehead atoms. The van der Waals surface area contributed by atoms with Crippen LogP contribution in [0, 0.1) is 0 Å². The van der Waals surface area contributed by atoms with Crippen molar-refractivity contribution in [2.45, 2.75) is 13.3 Å². The average molecular weight is 453 g/mol. The zero-order valence-corrected chi connectivity index (χ0v) is 18.6. The van der Waals surface area contributed by atoms with Crippen LogP contribution in [0.5, 0.6) is 0 Å². The van der Waals surface area contributed by atoms with Gasteiger partial charge in [-0.05, 0) is 29.7 Å². The molecular weight excluding hydrogens is 432 g/mol. The molecule has 0 aliphatic heterocycles. The third kappa shape index (κ3) is 4.06. The zero-order valence-electron chi connectivity index (χ0n) is 17.8. The number of aromatic amines is 1. The highest BCUT2D eigenvalue weighted by Crippen LogP contribution is 2.33. The predicted octanol–water partition coefficient (Wildman–Crippen LogP) is 5.53. The molecule has 2 N–H and O–H groups in total. The summed E-state index contributed by atoms with van der Waals surface area (Å²) in [7, 11) is 0. The summed E-state index contributed by atoms with van der Waals surface area (Å²) < 4.78 is 0.988. The molecule has 2 aromatic heterocycles. The number of fused-ring (bicyclic) bond motifs is 1. The Labute approximate surface area is 194 Å². The lowest BCUT2D eigenvalue weighted by molar-refractivity contribution is 0.102. The quantitative estimate of drug-likeness (QED) is 0.367. The van der Waals surface area contributed by atoms with E-state index in [4.69, 9.17) is 0 Å². The highest BCUT2D eigenvalue weighted by Gasteiger charge is 2.23. The molecule has 5 rings (SSSR count). The molecule has 7 heteroatoms. The minimum absolute atomic E-state index is 0.00329. The number of rotatable bonds is 5. The van der Waals surface area contributed by atoms with Crippen LogP contribution >= 0.6 is 11.3 Å². The van der Waals surface area contributed by atoms with Gasteiger partial charge in [0.05, 0.1) is 15.9 Å². The van der Waals surface area contributed by atoms with Gasteiger partial charge in [-0.3, -0.25) is 14.9 Å². The van der Waals surface area contributed by atoms with E-state index in [1.165, 1.54) is 16.9 Å². The molecule has 6 nitrogen and oxygen atoms in total. The van der Waals surface area contributed by atoms with Crippen LogP contribution in [0.3, 0.4) is 0 Å². The highest BCUT2D eigenvalue weighted by molar-refractivity contribution is 7.22. The van der Waals surface area contributed by atoms with Gasteiger partial charge in [-0.2, -0.15) is 5.10 Å². The first-order valence-corrected chi connectivity index (χ1v) is 11.4. The number of nitrogens with one attached hydrogen (secondary N) is 2. The van der Waals surface area contributed by atoms with Gasteiger partial charge >= 0.3 is 0 Å². The molecule has 5 aromatic rings. The van der Waals surface area contributed by atoms with Crippen molar-refractivity contribution in [2.24, 2.45) is 0 Å². The summed E-state index contributed by atoms with van der Waals surface area (Å²) in [6, 6.07) is 24.9. The van der Waals surface area contributed by atoms with Crippen molar-refractivity contribution in [3.05, 3.63) is 100 Å². The summed E-state index contributed by atoms with van der Waals surface area (Å²) in [5.41, 5.74) is 4.01. The maximum absolute atomic E-state index is 13.4. The summed E-state index contributed by atoms with van der Waals surface area (Å²) in [5, 5.41) is 10.1. The topological polar surface area (TPSA) is 87.7 Å². The molecule has 0 saturated heterocycles. The molecule has 2 heterocycles. The number of thiazole rings is 1. The maximum atomic E-state index is 13.4. The molecule has 0 spiro atoms. The van der Waals surface area contributed by atoms with Crippen molar-refractivity contribution in [1.82, 2.24) is 15.2 Å². The molecule has 3 aromatic carbocycles. The second-order valence-corrected chi connectivity index (χ2v) is 8.54. The standard InChI is InChI=1S/C26H20N4O2S/c1-2-16-13-14-19-20(15-16)33-26(27-19)28-24(31)22-21(17-9-5-3-6-10-17)23(29-30-25(22)32)18-11-7-4-8-12-18/h3-15H,2H2,1H3,(H,30,32)(H,27,28,31). The second kappa shape index (κ2) is 8.80. The number of hydrogen-bond acceptors (Lipinski definition) is 5. The smallest absolute Gasteiger partial charge is 0.277 e. The van der Waals surface area contributed by atoms with Crippen LogP contribution in [0.2, 0.25) is 0 Å². The van der Waals surface area contributed by atoms with Gasteiger partial charge < -0.3 is 0 Å². The van der Waals surface area contributed by atoms with Crippen LogP contribution in [0.25, 0.3) is 32.6 Å². The molecular formula is C26H20N4O2S. The van der Waals surface area contributed by atoms with E-state index in [1.807, 2.05) is 72.8 Å².